The monoisotopic (exact) mass is 250 g/mol. The van der Waals surface area contributed by atoms with Crippen LogP contribution < -0.4 is 10.6 Å². The highest BCUT2D eigenvalue weighted by molar-refractivity contribution is 5.14. The average Bonchev–Trinajstić information content (AvgIpc) is 2.66. The number of hydrogen-bond acceptors (Lipinski definition) is 3. The molecule has 2 atom stereocenters. The predicted octanol–water partition coefficient (Wildman–Crippen LogP) is 1.74. The maximum atomic E-state index is 4.37. The number of nitrogens with zero attached hydrogens (tertiary/aromatic N) is 2. The molecule has 2 unspecified atom stereocenters. The van der Waals surface area contributed by atoms with Crippen LogP contribution in [-0.4, -0.2) is 28.4 Å². The van der Waals surface area contributed by atoms with E-state index in [0.29, 0.717) is 12.1 Å². The van der Waals surface area contributed by atoms with Gasteiger partial charge in [-0.2, -0.15) is 5.10 Å². The molecule has 1 aliphatic heterocycles. The lowest BCUT2D eigenvalue weighted by atomic mass is 9.99. The van der Waals surface area contributed by atoms with E-state index in [1.54, 1.807) is 0 Å². The summed E-state index contributed by atoms with van der Waals surface area (Å²) < 4.78 is 1.89. The Hall–Kier alpha value is -0.870. The third-order valence-corrected chi connectivity index (χ3v) is 3.81. The van der Waals surface area contributed by atoms with Gasteiger partial charge in [-0.25, -0.2) is 0 Å². The molecule has 2 rings (SSSR count). The Labute approximate surface area is 110 Å². The molecule has 0 bridgehead atoms. The summed E-state index contributed by atoms with van der Waals surface area (Å²) in [5.74, 6) is 0. The van der Waals surface area contributed by atoms with Gasteiger partial charge in [-0.05, 0) is 39.7 Å². The second kappa shape index (κ2) is 6.34. The first-order valence-electron chi connectivity index (χ1n) is 7.11. The van der Waals surface area contributed by atoms with Crippen LogP contribution in [0, 0.1) is 6.92 Å². The summed E-state index contributed by atoms with van der Waals surface area (Å²) in [5.41, 5.74) is 2.44. The van der Waals surface area contributed by atoms with Crippen LogP contribution in [0.15, 0.2) is 6.20 Å². The molecule has 0 aliphatic carbocycles. The summed E-state index contributed by atoms with van der Waals surface area (Å²) in [6.45, 7) is 6.47. The molecule has 0 saturated carbocycles. The summed E-state index contributed by atoms with van der Waals surface area (Å²) >= 11 is 0. The van der Waals surface area contributed by atoms with E-state index < -0.39 is 0 Å². The molecule has 4 heteroatoms. The fourth-order valence-corrected chi connectivity index (χ4v) is 2.74. The highest BCUT2D eigenvalue weighted by Gasteiger charge is 2.15. The standard InChI is InChI=1S/C14H26N4/c1-11(8-14-6-4-5-7-15-14)16-9-13-10-18(3)17-12(13)2/h10-11,14-16H,4-9H2,1-3H3. The zero-order valence-corrected chi connectivity index (χ0v) is 11.9. The van der Waals surface area contributed by atoms with Crippen molar-refractivity contribution in [3.8, 4) is 0 Å². The van der Waals surface area contributed by atoms with Crippen molar-refractivity contribution < 1.29 is 0 Å². The van der Waals surface area contributed by atoms with Crippen molar-refractivity contribution >= 4 is 0 Å². The minimum absolute atomic E-state index is 0.556. The minimum Gasteiger partial charge on any atom is -0.314 e. The maximum Gasteiger partial charge on any atom is 0.0638 e. The Morgan fingerprint density at radius 3 is 3.00 bits per heavy atom. The van der Waals surface area contributed by atoms with Crippen LogP contribution in [0.2, 0.25) is 0 Å². The summed E-state index contributed by atoms with van der Waals surface area (Å²) in [6.07, 6.45) is 7.38. The number of nitrogens with one attached hydrogen (secondary N) is 2. The summed E-state index contributed by atoms with van der Waals surface area (Å²) in [4.78, 5) is 0. The molecule has 4 nitrogen and oxygen atoms in total. The highest BCUT2D eigenvalue weighted by Crippen LogP contribution is 2.12. The van der Waals surface area contributed by atoms with Crippen LogP contribution in [0.5, 0.6) is 0 Å². The van der Waals surface area contributed by atoms with Gasteiger partial charge in [0.25, 0.3) is 0 Å². The number of aromatic nitrogens is 2. The molecular formula is C14H26N4. The molecule has 0 amide bonds. The van der Waals surface area contributed by atoms with Gasteiger partial charge >= 0.3 is 0 Å². The van der Waals surface area contributed by atoms with Crippen molar-refractivity contribution in [1.29, 1.82) is 0 Å². The second-order valence-electron chi connectivity index (χ2n) is 5.58. The van der Waals surface area contributed by atoms with Gasteiger partial charge in [0.05, 0.1) is 5.69 Å². The van der Waals surface area contributed by atoms with Crippen molar-refractivity contribution in [1.82, 2.24) is 20.4 Å². The molecule has 1 fully saturated rings. The first-order valence-corrected chi connectivity index (χ1v) is 7.11. The minimum atomic E-state index is 0.556. The van der Waals surface area contributed by atoms with Crippen molar-refractivity contribution in [3.05, 3.63) is 17.5 Å². The molecule has 1 aliphatic rings. The quantitative estimate of drug-likeness (QED) is 0.836. The van der Waals surface area contributed by atoms with Crippen LogP contribution in [0.1, 0.15) is 43.9 Å². The Bertz CT molecular complexity index is 366. The molecule has 1 saturated heterocycles. The summed E-state index contributed by atoms with van der Waals surface area (Å²) in [7, 11) is 1.98. The Morgan fingerprint density at radius 1 is 1.56 bits per heavy atom. The fourth-order valence-electron chi connectivity index (χ4n) is 2.74. The Morgan fingerprint density at radius 2 is 2.39 bits per heavy atom. The van der Waals surface area contributed by atoms with Crippen LogP contribution in [0.3, 0.4) is 0 Å². The van der Waals surface area contributed by atoms with Crippen molar-refractivity contribution in [2.24, 2.45) is 7.05 Å². The van der Waals surface area contributed by atoms with E-state index >= 15 is 0 Å². The molecular weight excluding hydrogens is 224 g/mol. The van der Waals surface area contributed by atoms with Gasteiger partial charge in [0.1, 0.15) is 0 Å². The molecule has 2 heterocycles. The third-order valence-electron chi connectivity index (χ3n) is 3.81. The number of rotatable bonds is 5. The predicted molar refractivity (Wildman–Crippen MR) is 74.5 cm³/mol. The normalized spacial score (nSPS) is 22.1. The van der Waals surface area contributed by atoms with Crippen LogP contribution in [0.25, 0.3) is 0 Å². The maximum absolute atomic E-state index is 4.37. The third kappa shape index (κ3) is 3.82. The number of piperidine rings is 1. The second-order valence-corrected chi connectivity index (χ2v) is 5.58. The average molecular weight is 250 g/mol. The van der Waals surface area contributed by atoms with E-state index in [2.05, 4.69) is 35.8 Å². The Balaban J connectivity index is 1.74. The summed E-state index contributed by atoms with van der Waals surface area (Å²) in [6, 6.07) is 1.26. The van der Waals surface area contributed by atoms with Gasteiger partial charge in [-0.1, -0.05) is 6.42 Å². The zero-order valence-electron chi connectivity index (χ0n) is 11.9. The molecule has 102 valence electrons. The smallest absolute Gasteiger partial charge is 0.0638 e. The molecule has 0 spiro atoms. The SMILES string of the molecule is Cc1nn(C)cc1CNC(C)CC1CCCCN1. The molecule has 1 aromatic rings. The zero-order chi connectivity index (χ0) is 13.0. The number of aryl methyl sites for hydroxylation is 2. The molecule has 1 aromatic heterocycles. The van der Waals surface area contributed by atoms with E-state index in [0.717, 1.165) is 12.2 Å². The lowest BCUT2D eigenvalue weighted by molar-refractivity contribution is 0.344. The van der Waals surface area contributed by atoms with Gasteiger partial charge in [-0.15, -0.1) is 0 Å². The summed E-state index contributed by atoms with van der Waals surface area (Å²) in [5, 5.41) is 11.6. The van der Waals surface area contributed by atoms with Crippen molar-refractivity contribution in [3.63, 3.8) is 0 Å². The fraction of sp³-hybridized carbons (Fsp3) is 0.786. The lowest BCUT2D eigenvalue weighted by Crippen LogP contribution is -2.39. The van der Waals surface area contributed by atoms with E-state index in [1.807, 2.05) is 11.7 Å². The number of hydrogen-bond donors (Lipinski definition) is 2. The lowest BCUT2D eigenvalue weighted by Gasteiger charge is -2.26. The van der Waals surface area contributed by atoms with E-state index in [1.165, 1.54) is 37.8 Å². The highest BCUT2D eigenvalue weighted by atomic mass is 15.2. The van der Waals surface area contributed by atoms with E-state index in [9.17, 15) is 0 Å². The first-order chi connectivity index (χ1) is 8.65. The van der Waals surface area contributed by atoms with Gasteiger partial charge in [0.2, 0.25) is 0 Å². The largest absolute Gasteiger partial charge is 0.314 e. The van der Waals surface area contributed by atoms with Gasteiger partial charge in [0.15, 0.2) is 0 Å². The van der Waals surface area contributed by atoms with Crippen molar-refractivity contribution in [2.75, 3.05) is 6.54 Å². The molecule has 18 heavy (non-hydrogen) atoms. The van der Waals surface area contributed by atoms with E-state index in [-0.39, 0.29) is 0 Å². The van der Waals surface area contributed by atoms with Crippen LogP contribution in [0.4, 0.5) is 0 Å². The topological polar surface area (TPSA) is 41.9 Å². The van der Waals surface area contributed by atoms with Crippen LogP contribution in [-0.2, 0) is 13.6 Å². The Kier molecular flexibility index (Phi) is 4.78. The van der Waals surface area contributed by atoms with Gasteiger partial charge in [-0.3, -0.25) is 4.68 Å². The van der Waals surface area contributed by atoms with Crippen molar-refractivity contribution in [2.45, 2.75) is 58.2 Å². The van der Waals surface area contributed by atoms with E-state index in [4.69, 9.17) is 0 Å². The first kappa shape index (κ1) is 13.6. The van der Waals surface area contributed by atoms with Gasteiger partial charge in [0, 0.05) is 37.4 Å². The molecule has 2 N–H and O–H groups in total. The van der Waals surface area contributed by atoms with Crippen LogP contribution >= 0.6 is 0 Å². The molecule has 0 aromatic carbocycles. The molecule has 0 radical (unpaired) electrons. The van der Waals surface area contributed by atoms with Gasteiger partial charge < -0.3 is 10.6 Å².